The van der Waals surface area contributed by atoms with Crippen LogP contribution < -0.4 is 5.32 Å². The highest BCUT2D eigenvalue weighted by atomic mass is 127. The second kappa shape index (κ2) is 6.18. The minimum absolute atomic E-state index is 0.777. The third kappa shape index (κ3) is 3.26. The number of rotatable bonds is 4. The molecule has 0 radical (unpaired) electrons. The molecule has 2 nitrogen and oxygen atoms in total. The van der Waals surface area contributed by atoms with Gasteiger partial charge in [0.25, 0.3) is 0 Å². The van der Waals surface area contributed by atoms with E-state index in [1.54, 1.807) is 0 Å². The Labute approximate surface area is 133 Å². The molecule has 19 heavy (non-hydrogen) atoms. The van der Waals surface area contributed by atoms with Crippen LogP contribution in [0.1, 0.15) is 23.9 Å². The lowest BCUT2D eigenvalue weighted by Crippen LogP contribution is -2.04. The zero-order valence-corrected chi connectivity index (χ0v) is 14.3. The van der Waals surface area contributed by atoms with Gasteiger partial charge in [-0.15, -0.1) is 0 Å². The summed E-state index contributed by atoms with van der Waals surface area (Å²) < 4.78 is 3.48. The highest BCUT2D eigenvalue weighted by molar-refractivity contribution is 14.1. The minimum Gasteiger partial charge on any atom is -0.380 e. The van der Waals surface area contributed by atoms with E-state index in [0.717, 1.165) is 27.4 Å². The summed E-state index contributed by atoms with van der Waals surface area (Å²) in [5, 5.41) is 4.26. The van der Waals surface area contributed by atoms with Crippen LogP contribution in [0.15, 0.2) is 24.3 Å². The maximum absolute atomic E-state index is 5.97. The fraction of sp³-hybridized carbons (Fsp3) is 0.333. The Bertz CT molecular complexity index is 590. The van der Waals surface area contributed by atoms with Crippen molar-refractivity contribution in [3.05, 3.63) is 49.8 Å². The van der Waals surface area contributed by atoms with E-state index in [1.165, 1.54) is 17.0 Å². The molecular formula is C15H18ClIN2. The molecule has 0 bridgehead atoms. The lowest BCUT2D eigenvalue weighted by molar-refractivity contribution is 0.715. The maximum atomic E-state index is 5.97. The molecular weight excluding hydrogens is 371 g/mol. The van der Waals surface area contributed by atoms with Crippen molar-refractivity contribution in [1.29, 1.82) is 0 Å². The first-order valence-electron chi connectivity index (χ1n) is 6.37. The Kier molecular flexibility index (Phi) is 4.79. The third-order valence-corrected chi connectivity index (χ3v) is 4.52. The molecule has 102 valence electrons. The molecule has 0 saturated carbocycles. The molecule has 0 saturated heterocycles. The van der Waals surface area contributed by atoms with Crippen LogP contribution in [0, 0.1) is 17.4 Å². The van der Waals surface area contributed by atoms with E-state index in [-0.39, 0.29) is 0 Å². The van der Waals surface area contributed by atoms with E-state index >= 15 is 0 Å². The molecule has 0 amide bonds. The first-order chi connectivity index (χ1) is 9.02. The first kappa shape index (κ1) is 14.7. The third-order valence-electron chi connectivity index (χ3n) is 3.40. The van der Waals surface area contributed by atoms with Crippen molar-refractivity contribution < 1.29 is 0 Å². The number of halogens is 2. The van der Waals surface area contributed by atoms with Gasteiger partial charge in [-0.1, -0.05) is 11.6 Å². The standard InChI is InChI=1S/C15H18ClIN2/c1-4-19-10(2)7-12(11(19)3)9-18-15-6-5-13(16)8-14(15)17/h5-8,18H,4,9H2,1-3H3. The number of hydrogen-bond acceptors (Lipinski definition) is 1. The summed E-state index contributed by atoms with van der Waals surface area (Å²) in [6, 6.07) is 8.18. The topological polar surface area (TPSA) is 17.0 Å². The molecule has 0 aliphatic rings. The van der Waals surface area contributed by atoms with Gasteiger partial charge in [-0.25, -0.2) is 0 Å². The van der Waals surface area contributed by atoms with Crippen LogP contribution in [0.5, 0.6) is 0 Å². The molecule has 1 aromatic heterocycles. The number of aryl methyl sites for hydroxylation is 1. The van der Waals surface area contributed by atoms with Gasteiger partial charge in [0, 0.05) is 38.8 Å². The SMILES string of the molecule is CCn1c(C)cc(CNc2ccc(Cl)cc2I)c1C. The molecule has 4 heteroatoms. The molecule has 1 N–H and O–H groups in total. The van der Waals surface area contributed by atoms with Gasteiger partial charge in [-0.3, -0.25) is 0 Å². The predicted octanol–water partition coefficient (Wildman–Crippen LogP) is 4.99. The number of benzene rings is 1. The molecule has 0 atom stereocenters. The van der Waals surface area contributed by atoms with E-state index in [0.29, 0.717) is 0 Å². The van der Waals surface area contributed by atoms with E-state index in [2.05, 4.69) is 59.3 Å². The van der Waals surface area contributed by atoms with Crippen molar-refractivity contribution in [2.45, 2.75) is 33.9 Å². The van der Waals surface area contributed by atoms with Gasteiger partial charge in [0.15, 0.2) is 0 Å². The Morgan fingerprint density at radius 1 is 1.26 bits per heavy atom. The van der Waals surface area contributed by atoms with E-state index in [4.69, 9.17) is 11.6 Å². The monoisotopic (exact) mass is 388 g/mol. The van der Waals surface area contributed by atoms with Crippen LogP contribution in [0.3, 0.4) is 0 Å². The summed E-state index contributed by atoms with van der Waals surface area (Å²) in [4.78, 5) is 0. The van der Waals surface area contributed by atoms with Crippen LogP contribution >= 0.6 is 34.2 Å². The maximum Gasteiger partial charge on any atom is 0.0479 e. The van der Waals surface area contributed by atoms with Crippen molar-refractivity contribution in [3.63, 3.8) is 0 Å². The van der Waals surface area contributed by atoms with Crippen molar-refractivity contribution in [1.82, 2.24) is 4.57 Å². The Balaban J connectivity index is 2.14. The number of nitrogens with zero attached hydrogens (tertiary/aromatic N) is 1. The average molecular weight is 389 g/mol. The van der Waals surface area contributed by atoms with Crippen LogP contribution in [0.2, 0.25) is 5.02 Å². The minimum atomic E-state index is 0.777. The summed E-state index contributed by atoms with van der Waals surface area (Å²) in [7, 11) is 0. The van der Waals surface area contributed by atoms with Gasteiger partial charge in [0.2, 0.25) is 0 Å². The molecule has 0 fully saturated rings. The predicted molar refractivity (Wildman–Crippen MR) is 91.1 cm³/mol. The number of nitrogens with one attached hydrogen (secondary N) is 1. The van der Waals surface area contributed by atoms with Gasteiger partial charge in [0.05, 0.1) is 0 Å². The zero-order chi connectivity index (χ0) is 14.0. The van der Waals surface area contributed by atoms with Gasteiger partial charge >= 0.3 is 0 Å². The molecule has 0 spiro atoms. The van der Waals surface area contributed by atoms with E-state index in [9.17, 15) is 0 Å². The molecule has 2 rings (SSSR count). The Morgan fingerprint density at radius 2 is 2.00 bits per heavy atom. The van der Waals surface area contributed by atoms with Gasteiger partial charge in [-0.2, -0.15) is 0 Å². The average Bonchev–Trinajstić information content (AvgIpc) is 2.63. The van der Waals surface area contributed by atoms with Crippen molar-refractivity contribution >= 4 is 39.9 Å². The molecule has 0 aliphatic carbocycles. The molecule has 0 unspecified atom stereocenters. The van der Waals surface area contributed by atoms with Crippen LogP contribution in [-0.4, -0.2) is 4.57 Å². The fourth-order valence-electron chi connectivity index (χ4n) is 2.36. The summed E-state index contributed by atoms with van der Waals surface area (Å²) >= 11 is 8.27. The summed E-state index contributed by atoms with van der Waals surface area (Å²) in [6.07, 6.45) is 0. The normalized spacial score (nSPS) is 10.8. The summed E-state index contributed by atoms with van der Waals surface area (Å²) in [6.45, 7) is 8.39. The van der Waals surface area contributed by atoms with Crippen molar-refractivity contribution in [2.24, 2.45) is 0 Å². The largest absolute Gasteiger partial charge is 0.380 e. The van der Waals surface area contributed by atoms with Crippen molar-refractivity contribution in [2.75, 3.05) is 5.32 Å². The van der Waals surface area contributed by atoms with Gasteiger partial charge < -0.3 is 9.88 Å². The fourth-order valence-corrected chi connectivity index (χ4v) is 3.42. The number of anilines is 1. The van der Waals surface area contributed by atoms with Gasteiger partial charge in [0.1, 0.15) is 0 Å². The van der Waals surface area contributed by atoms with Crippen LogP contribution in [0.4, 0.5) is 5.69 Å². The second-order valence-corrected chi connectivity index (χ2v) is 6.22. The van der Waals surface area contributed by atoms with Crippen molar-refractivity contribution in [3.8, 4) is 0 Å². The molecule has 2 aromatic rings. The van der Waals surface area contributed by atoms with E-state index in [1.807, 2.05) is 18.2 Å². The summed E-state index contributed by atoms with van der Waals surface area (Å²) in [5.41, 5.74) is 5.15. The van der Waals surface area contributed by atoms with E-state index < -0.39 is 0 Å². The number of aromatic nitrogens is 1. The second-order valence-electron chi connectivity index (χ2n) is 4.62. The summed E-state index contributed by atoms with van der Waals surface area (Å²) in [5.74, 6) is 0. The lowest BCUT2D eigenvalue weighted by atomic mass is 10.2. The molecule has 0 aliphatic heterocycles. The highest BCUT2D eigenvalue weighted by Gasteiger charge is 2.08. The molecule has 1 heterocycles. The van der Waals surface area contributed by atoms with Gasteiger partial charge in [-0.05, 0) is 73.2 Å². The van der Waals surface area contributed by atoms with Crippen LogP contribution in [-0.2, 0) is 13.1 Å². The highest BCUT2D eigenvalue weighted by Crippen LogP contribution is 2.23. The zero-order valence-electron chi connectivity index (χ0n) is 11.4. The quantitative estimate of drug-likeness (QED) is 0.730. The lowest BCUT2D eigenvalue weighted by Gasteiger charge is -2.10. The smallest absolute Gasteiger partial charge is 0.0479 e. The Hall–Kier alpha value is -0.680. The number of hydrogen-bond donors (Lipinski definition) is 1. The molecule has 1 aromatic carbocycles. The Morgan fingerprint density at radius 3 is 2.58 bits per heavy atom. The van der Waals surface area contributed by atoms with Crippen LogP contribution in [0.25, 0.3) is 0 Å². The first-order valence-corrected chi connectivity index (χ1v) is 7.83.